The van der Waals surface area contributed by atoms with Gasteiger partial charge in [0.2, 0.25) is 0 Å². The highest BCUT2D eigenvalue weighted by atomic mass is 15.2. The van der Waals surface area contributed by atoms with Crippen LogP contribution in [-0.2, 0) is 7.05 Å². The number of rotatable bonds is 3. The SMILES string of the molecule is Cn1cc(-c2ccc3[nH]nc(-c4cc5c(-c6ccccn6)cccc5[nH]4)c3c2)cn1. The third kappa shape index (κ3) is 2.62. The van der Waals surface area contributed by atoms with Crippen LogP contribution in [0.1, 0.15) is 0 Å². The van der Waals surface area contributed by atoms with Crippen molar-refractivity contribution >= 4 is 21.8 Å². The molecule has 2 aromatic carbocycles. The molecule has 0 aliphatic rings. The van der Waals surface area contributed by atoms with Crippen molar-refractivity contribution in [1.29, 1.82) is 0 Å². The van der Waals surface area contributed by atoms with Crippen molar-refractivity contribution in [2.24, 2.45) is 7.05 Å². The van der Waals surface area contributed by atoms with Gasteiger partial charge < -0.3 is 4.98 Å². The lowest BCUT2D eigenvalue weighted by Gasteiger charge is -2.01. The van der Waals surface area contributed by atoms with Gasteiger partial charge in [0.25, 0.3) is 0 Å². The highest BCUT2D eigenvalue weighted by Gasteiger charge is 2.14. The van der Waals surface area contributed by atoms with Gasteiger partial charge in [-0.2, -0.15) is 10.2 Å². The van der Waals surface area contributed by atoms with Gasteiger partial charge in [0.05, 0.1) is 23.1 Å². The first kappa shape index (κ1) is 16.7. The number of aromatic amines is 2. The predicted molar refractivity (Wildman–Crippen MR) is 119 cm³/mol. The molecule has 0 spiro atoms. The Morgan fingerprint density at radius 1 is 0.867 bits per heavy atom. The Kier molecular flexibility index (Phi) is 3.58. The van der Waals surface area contributed by atoms with E-state index in [0.29, 0.717) is 0 Å². The van der Waals surface area contributed by atoms with Gasteiger partial charge in [-0.05, 0) is 42.0 Å². The van der Waals surface area contributed by atoms with Crippen LogP contribution >= 0.6 is 0 Å². The number of benzene rings is 2. The Bertz CT molecular complexity index is 1500. The maximum Gasteiger partial charge on any atom is 0.116 e. The van der Waals surface area contributed by atoms with Gasteiger partial charge in [0, 0.05) is 46.9 Å². The number of fused-ring (bicyclic) bond motifs is 2. The van der Waals surface area contributed by atoms with Crippen molar-refractivity contribution < 1.29 is 0 Å². The monoisotopic (exact) mass is 390 g/mol. The lowest BCUT2D eigenvalue weighted by atomic mass is 10.0. The minimum absolute atomic E-state index is 0.902. The summed E-state index contributed by atoms with van der Waals surface area (Å²) < 4.78 is 1.81. The molecule has 6 heteroatoms. The molecule has 30 heavy (non-hydrogen) atoms. The van der Waals surface area contributed by atoms with E-state index >= 15 is 0 Å². The highest BCUT2D eigenvalue weighted by molar-refractivity contribution is 6.01. The summed E-state index contributed by atoms with van der Waals surface area (Å²) in [5, 5.41) is 14.3. The van der Waals surface area contributed by atoms with Gasteiger partial charge in [-0.25, -0.2) is 0 Å². The molecule has 0 saturated carbocycles. The van der Waals surface area contributed by atoms with Crippen LogP contribution in [0, 0.1) is 0 Å². The second-order valence-corrected chi connectivity index (χ2v) is 7.40. The average Bonchev–Trinajstić information content (AvgIpc) is 3.50. The lowest BCUT2D eigenvalue weighted by molar-refractivity contribution is 0.768. The van der Waals surface area contributed by atoms with Gasteiger partial charge in [-0.1, -0.05) is 24.3 Å². The van der Waals surface area contributed by atoms with E-state index in [-0.39, 0.29) is 0 Å². The fourth-order valence-electron chi connectivity index (χ4n) is 4.00. The summed E-state index contributed by atoms with van der Waals surface area (Å²) in [6, 6.07) is 20.7. The molecule has 144 valence electrons. The molecule has 0 aliphatic heterocycles. The molecule has 4 heterocycles. The topological polar surface area (TPSA) is 75.2 Å². The number of H-pyrrole nitrogens is 2. The van der Waals surface area contributed by atoms with Crippen LogP contribution < -0.4 is 0 Å². The van der Waals surface area contributed by atoms with E-state index in [9.17, 15) is 0 Å². The zero-order valence-corrected chi connectivity index (χ0v) is 16.3. The predicted octanol–water partition coefficient (Wildman–Crippen LogP) is 5.17. The average molecular weight is 390 g/mol. The molecule has 6 aromatic rings. The zero-order chi connectivity index (χ0) is 20.1. The number of hydrogen-bond donors (Lipinski definition) is 2. The van der Waals surface area contributed by atoms with Crippen LogP contribution in [0.5, 0.6) is 0 Å². The van der Waals surface area contributed by atoms with Crippen molar-refractivity contribution in [3.05, 3.63) is 79.3 Å². The Morgan fingerprint density at radius 3 is 2.67 bits per heavy atom. The minimum Gasteiger partial charge on any atom is -0.353 e. The lowest BCUT2D eigenvalue weighted by Crippen LogP contribution is -1.84. The van der Waals surface area contributed by atoms with Crippen molar-refractivity contribution in [3.8, 4) is 33.8 Å². The number of nitrogens with zero attached hydrogens (tertiary/aromatic N) is 4. The first-order chi connectivity index (χ1) is 14.8. The number of aromatic nitrogens is 6. The molecule has 6 nitrogen and oxygen atoms in total. The number of nitrogens with one attached hydrogen (secondary N) is 2. The van der Waals surface area contributed by atoms with Crippen LogP contribution in [0.25, 0.3) is 55.6 Å². The Hall–Kier alpha value is -4.19. The van der Waals surface area contributed by atoms with E-state index in [1.807, 2.05) is 48.5 Å². The third-order valence-corrected chi connectivity index (χ3v) is 5.46. The van der Waals surface area contributed by atoms with Gasteiger partial charge in [0.1, 0.15) is 5.69 Å². The summed E-state index contributed by atoms with van der Waals surface area (Å²) in [5.41, 5.74) is 8.20. The molecule has 0 amide bonds. The van der Waals surface area contributed by atoms with Crippen LogP contribution in [-0.4, -0.2) is 29.9 Å². The minimum atomic E-state index is 0.902. The van der Waals surface area contributed by atoms with Gasteiger partial charge >= 0.3 is 0 Å². The van der Waals surface area contributed by atoms with Crippen molar-refractivity contribution in [3.63, 3.8) is 0 Å². The zero-order valence-electron chi connectivity index (χ0n) is 16.3. The fraction of sp³-hybridized carbons (Fsp3) is 0.0417. The third-order valence-electron chi connectivity index (χ3n) is 5.46. The van der Waals surface area contributed by atoms with Crippen molar-refractivity contribution in [2.45, 2.75) is 0 Å². The van der Waals surface area contributed by atoms with E-state index in [2.05, 4.69) is 67.7 Å². The van der Waals surface area contributed by atoms with E-state index in [4.69, 9.17) is 0 Å². The molecule has 0 aliphatic carbocycles. The van der Waals surface area contributed by atoms with Crippen LogP contribution in [0.15, 0.2) is 79.3 Å². The summed E-state index contributed by atoms with van der Waals surface area (Å²) in [6.07, 6.45) is 5.72. The molecule has 0 fully saturated rings. The second-order valence-electron chi connectivity index (χ2n) is 7.40. The molecule has 0 saturated heterocycles. The highest BCUT2D eigenvalue weighted by Crippen LogP contribution is 2.34. The molecule has 4 aromatic heterocycles. The van der Waals surface area contributed by atoms with Crippen LogP contribution in [0.4, 0.5) is 0 Å². The summed E-state index contributed by atoms with van der Waals surface area (Å²) in [7, 11) is 1.93. The van der Waals surface area contributed by atoms with Crippen molar-refractivity contribution in [2.75, 3.05) is 0 Å². The molecule has 0 radical (unpaired) electrons. The summed E-state index contributed by atoms with van der Waals surface area (Å²) >= 11 is 0. The number of hydrogen-bond acceptors (Lipinski definition) is 3. The molecule has 6 rings (SSSR count). The summed E-state index contributed by atoms with van der Waals surface area (Å²) in [5.74, 6) is 0. The van der Waals surface area contributed by atoms with E-state index in [1.54, 1.807) is 0 Å². The summed E-state index contributed by atoms with van der Waals surface area (Å²) in [4.78, 5) is 8.06. The maximum absolute atomic E-state index is 4.61. The standard InChI is InChI=1S/C24H18N6/c1-30-14-16(13-26-30)15-8-9-22-19(11-15)24(29-28-22)23-12-18-17(5-4-7-21(18)27-23)20-6-2-3-10-25-20/h2-14,27H,1H3,(H,28,29). The Morgan fingerprint density at radius 2 is 1.83 bits per heavy atom. The van der Waals surface area contributed by atoms with E-state index in [1.165, 1.54) is 0 Å². The molecule has 0 atom stereocenters. The van der Waals surface area contributed by atoms with Gasteiger partial charge in [-0.15, -0.1) is 0 Å². The van der Waals surface area contributed by atoms with Gasteiger partial charge in [0.15, 0.2) is 0 Å². The largest absolute Gasteiger partial charge is 0.353 e. The number of aryl methyl sites for hydroxylation is 1. The van der Waals surface area contributed by atoms with E-state index < -0.39 is 0 Å². The molecule has 0 unspecified atom stereocenters. The normalized spacial score (nSPS) is 11.5. The number of pyridine rings is 1. The quantitative estimate of drug-likeness (QED) is 0.437. The molecule has 0 bridgehead atoms. The van der Waals surface area contributed by atoms with Crippen molar-refractivity contribution in [1.82, 2.24) is 29.9 Å². The fourth-order valence-corrected chi connectivity index (χ4v) is 4.00. The molecular weight excluding hydrogens is 372 g/mol. The van der Waals surface area contributed by atoms with E-state index in [0.717, 1.165) is 55.6 Å². The smallest absolute Gasteiger partial charge is 0.116 e. The first-order valence-electron chi connectivity index (χ1n) is 9.77. The molecular formula is C24H18N6. The van der Waals surface area contributed by atoms with Crippen LogP contribution in [0.2, 0.25) is 0 Å². The first-order valence-corrected chi connectivity index (χ1v) is 9.77. The molecule has 2 N–H and O–H groups in total. The Labute approximate surface area is 172 Å². The van der Waals surface area contributed by atoms with Crippen LogP contribution in [0.3, 0.4) is 0 Å². The Balaban J connectivity index is 1.52. The second kappa shape index (κ2) is 6.42. The maximum atomic E-state index is 4.61. The summed E-state index contributed by atoms with van der Waals surface area (Å²) in [6.45, 7) is 0. The van der Waals surface area contributed by atoms with Gasteiger partial charge in [-0.3, -0.25) is 14.8 Å².